The molecule has 2 aliphatic heterocycles. The summed E-state index contributed by atoms with van der Waals surface area (Å²) >= 11 is 2.57. The van der Waals surface area contributed by atoms with E-state index < -0.39 is 17.7 Å². The van der Waals surface area contributed by atoms with Gasteiger partial charge in [-0.25, -0.2) is 4.39 Å². The van der Waals surface area contributed by atoms with Crippen molar-refractivity contribution in [3.63, 3.8) is 0 Å². The van der Waals surface area contributed by atoms with Crippen molar-refractivity contribution in [2.24, 2.45) is 5.92 Å². The van der Waals surface area contributed by atoms with Crippen molar-refractivity contribution >= 4 is 45.7 Å². The summed E-state index contributed by atoms with van der Waals surface area (Å²) in [6.45, 7) is 6.72. The van der Waals surface area contributed by atoms with Gasteiger partial charge in [-0.1, -0.05) is 61.2 Å². The first-order valence-electron chi connectivity index (χ1n) is 14.7. The first-order chi connectivity index (χ1) is 21.7. The van der Waals surface area contributed by atoms with Gasteiger partial charge < -0.3 is 14.6 Å². The number of anilines is 1. The zero-order valence-electron chi connectivity index (χ0n) is 25.0. The highest BCUT2D eigenvalue weighted by Crippen LogP contribution is 2.45. The van der Waals surface area contributed by atoms with Gasteiger partial charge in [-0.3, -0.25) is 14.5 Å². The fraction of sp³-hybridized carbons (Fsp3) is 0.294. The third-order valence-corrected chi connectivity index (χ3v) is 9.76. The molecule has 0 spiro atoms. The van der Waals surface area contributed by atoms with E-state index in [0.717, 1.165) is 23.3 Å². The molecule has 0 bridgehead atoms. The molecule has 3 aromatic carbocycles. The van der Waals surface area contributed by atoms with Gasteiger partial charge >= 0.3 is 5.91 Å². The molecule has 0 saturated carbocycles. The smallest absolute Gasteiger partial charge is 0.301 e. The Hall–Kier alpha value is -4.22. The van der Waals surface area contributed by atoms with Crippen LogP contribution in [0.25, 0.3) is 5.76 Å². The van der Waals surface area contributed by atoms with E-state index in [-0.39, 0.29) is 28.4 Å². The fourth-order valence-corrected chi connectivity index (χ4v) is 7.16. The van der Waals surface area contributed by atoms with Gasteiger partial charge in [0.05, 0.1) is 18.2 Å². The zero-order valence-corrected chi connectivity index (χ0v) is 26.7. The second-order valence-electron chi connectivity index (χ2n) is 11.5. The van der Waals surface area contributed by atoms with E-state index in [1.54, 1.807) is 48.5 Å². The quantitative estimate of drug-likeness (QED) is 0.0629. The number of carbonyl (C=O) groups excluding carboxylic acids is 2. The van der Waals surface area contributed by atoms with Crippen molar-refractivity contribution in [3.8, 4) is 11.5 Å². The standard InChI is InChI=1S/C34H32FN3O5S2/c1-19(2)13-14-42-26-6-4-5-22(17-26)29-28(30(39)23-9-12-27-24(16-23)15-20(3)43-27)31(40)32(41)38(29)33-36-37-34(45-33)44-18-21-7-10-25(35)11-8-21/h4-12,16-17,19-20,29,39H,13-15,18H2,1-3H3/b30-28+/t20-,29+/m0/s1. The lowest BCUT2D eigenvalue weighted by Gasteiger charge is -2.23. The summed E-state index contributed by atoms with van der Waals surface area (Å²) in [7, 11) is 0. The van der Waals surface area contributed by atoms with E-state index in [0.29, 0.717) is 45.9 Å². The monoisotopic (exact) mass is 645 g/mol. The van der Waals surface area contributed by atoms with Crippen LogP contribution in [-0.4, -0.2) is 39.7 Å². The van der Waals surface area contributed by atoms with E-state index in [1.165, 1.54) is 40.1 Å². The van der Waals surface area contributed by atoms with Crippen LogP contribution >= 0.6 is 23.1 Å². The first-order valence-corrected chi connectivity index (χ1v) is 16.5. The minimum absolute atomic E-state index is 0.00828. The molecule has 8 nitrogen and oxygen atoms in total. The molecule has 1 aromatic heterocycles. The Labute approximate surface area is 268 Å². The maximum Gasteiger partial charge on any atom is 0.301 e. The average Bonchev–Trinajstić information content (AvgIpc) is 3.71. The van der Waals surface area contributed by atoms with Crippen LogP contribution in [0.3, 0.4) is 0 Å². The second kappa shape index (κ2) is 13.0. The van der Waals surface area contributed by atoms with Crippen LogP contribution in [0.4, 0.5) is 9.52 Å². The molecule has 6 rings (SSSR count). The number of Topliss-reactive ketones (excluding diaryl/α,β-unsaturated/α-hetero) is 1. The fourth-order valence-electron chi connectivity index (χ4n) is 5.34. The Morgan fingerprint density at radius 3 is 2.71 bits per heavy atom. The van der Waals surface area contributed by atoms with Gasteiger partial charge in [-0.05, 0) is 78.4 Å². The number of aromatic nitrogens is 2. The van der Waals surface area contributed by atoms with E-state index in [1.807, 2.05) is 13.0 Å². The molecule has 4 aromatic rings. The summed E-state index contributed by atoms with van der Waals surface area (Å²) < 4.78 is 25.7. The number of hydrogen-bond donors (Lipinski definition) is 1. The normalized spacial score (nSPS) is 18.8. The topological polar surface area (TPSA) is 102 Å². The molecule has 1 fully saturated rings. The van der Waals surface area contributed by atoms with Crippen molar-refractivity contribution in [1.29, 1.82) is 0 Å². The van der Waals surface area contributed by atoms with Crippen LogP contribution in [0.15, 0.2) is 76.6 Å². The predicted molar refractivity (Wildman–Crippen MR) is 172 cm³/mol. The minimum atomic E-state index is -0.968. The summed E-state index contributed by atoms with van der Waals surface area (Å²) in [4.78, 5) is 28.7. The number of carbonyl (C=O) groups is 2. The number of nitrogens with zero attached hydrogens (tertiary/aromatic N) is 3. The molecule has 2 aliphatic rings. The van der Waals surface area contributed by atoms with Gasteiger partial charge in [0.25, 0.3) is 5.78 Å². The number of aliphatic hydroxyl groups is 1. The molecule has 0 unspecified atom stereocenters. The number of rotatable bonds is 10. The highest BCUT2D eigenvalue weighted by atomic mass is 32.2. The molecule has 232 valence electrons. The number of aliphatic hydroxyl groups excluding tert-OH is 1. The summed E-state index contributed by atoms with van der Waals surface area (Å²) in [6, 6.07) is 17.7. The average molecular weight is 646 g/mol. The Bertz CT molecular complexity index is 1770. The lowest BCUT2D eigenvalue weighted by Crippen LogP contribution is -2.29. The van der Waals surface area contributed by atoms with E-state index >= 15 is 0 Å². The molecular formula is C34H32FN3O5S2. The predicted octanol–water partition coefficient (Wildman–Crippen LogP) is 7.34. The third kappa shape index (κ3) is 6.60. The van der Waals surface area contributed by atoms with Crippen molar-refractivity contribution in [2.75, 3.05) is 11.5 Å². The van der Waals surface area contributed by atoms with Crippen molar-refractivity contribution < 1.29 is 28.6 Å². The van der Waals surface area contributed by atoms with Gasteiger partial charge in [0.15, 0.2) is 4.34 Å². The molecule has 0 radical (unpaired) electrons. The number of ketones is 1. The van der Waals surface area contributed by atoms with Crippen molar-refractivity contribution in [3.05, 3.63) is 100 Å². The van der Waals surface area contributed by atoms with Crippen LogP contribution in [0, 0.1) is 11.7 Å². The number of halogens is 1. The summed E-state index contributed by atoms with van der Waals surface area (Å²) in [5.74, 6) is 0.111. The lowest BCUT2D eigenvalue weighted by atomic mass is 9.94. The molecular weight excluding hydrogens is 614 g/mol. The number of benzene rings is 3. The van der Waals surface area contributed by atoms with Gasteiger partial charge in [0.2, 0.25) is 5.13 Å². The second-order valence-corrected chi connectivity index (χ2v) is 13.7. The Balaban J connectivity index is 1.37. The summed E-state index contributed by atoms with van der Waals surface area (Å²) in [6.07, 6.45) is 1.55. The van der Waals surface area contributed by atoms with Gasteiger partial charge in [0.1, 0.15) is 29.2 Å². The molecule has 1 amide bonds. The maximum absolute atomic E-state index is 13.7. The molecule has 1 N–H and O–H groups in total. The Morgan fingerprint density at radius 2 is 1.93 bits per heavy atom. The first kappa shape index (κ1) is 30.8. The number of amides is 1. The number of ether oxygens (including phenoxy) is 2. The molecule has 2 atom stereocenters. The van der Waals surface area contributed by atoms with Gasteiger partial charge in [-0.2, -0.15) is 0 Å². The van der Waals surface area contributed by atoms with Gasteiger partial charge in [-0.15, -0.1) is 10.2 Å². The SMILES string of the molecule is CC(C)CCOc1cccc([C@@H]2/C(=C(\O)c3ccc4c(c3)C[C@H](C)O4)C(=O)C(=O)N2c2nnc(SCc3ccc(F)cc3)s2)c1. The van der Waals surface area contributed by atoms with Crippen LogP contribution in [-0.2, 0) is 21.8 Å². The number of hydrogen-bond acceptors (Lipinski definition) is 9. The van der Waals surface area contributed by atoms with Crippen LogP contribution in [0.2, 0.25) is 0 Å². The minimum Gasteiger partial charge on any atom is -0.507 e. The van der Waals surface area contributed by atoms with Crippen molar-refractivity contribution in [2.45, 2.75) is 55.9 Å². The summed E-state index contributed by atoms with van der Waals surface area (Å²) in [5, 5.41) is 20.4. The molecule has 3 heterocycles. The largest absolute Gasteiger partial charge is 0.507 e. The third-order valence-electron chi connectivity index (χ3n) is 7.63. The maximum atomic E-state index is 13.7. The van der Waals surface area contributed by atoms with Crippen LogP contribution in [0.5, 0.6) is 11.5 Å². The molecule has 1 saturated heterocycles. The van der Waals surface area contributed by atoms with E-state index in [2.05, 4.69) is 24.0 Å². The molecule has 11 heteroatoms. The number of thioether (sulfide) groups is 1. The van der Waals surface area contributed by atoms with E-state index in [9.17, 15) is 19.1 Å². The Kier molecular flexibility index (Phi) is 8.91. The Morgan fingerprint density at radius 1 is 1.13 bits per heavy atom. The molecule has 45 heavy (non-hydrogen) atoms. The zero-order chi connectivity index (χ0) is 31.7. The number of fused-ring (bicyclic) bond motifs is 1. The van der Waals surface area contributed by atoms with Crippen LogP contribution in [0.1, 0.15) is 55.5 Å². The highest BCUT2D eigenvalue weighted by Gasteiger charge is 2.48. The lowest BCUT2D eigenvalue weighted by molar-refractivity contribution is -0.132. The van der Waals surface area contributed by atoms with Gasteiger partial charge in [0, 0.05) is 17.7 Å². The van der Waals surface area contributed by atoms with Crippen LogP contribution < -0.4 is 14.4 Å². The van der Waals surface area contributed by atoms with Crippen molar-refractivity contribution in [1.82, 2.24) is 10.2 Å². The van der Waals surface area contributed by atoms with E-state index in [4.69, 9.17) is 9.47 Å². The highest BCUT2D eigenvalue weighted by molar-refractivity contribution is 8.00. The summed E-state index contributed by atoms with van der Waals surface area (Å²) in [5.41, 5.74) is 2.80. The molecule has 0 aliphatic carbocycles.